The van der Waals surface area contributed by atoms with Crippen LogP contribution in [0.1, 0.15) is 11.1 Å². The number of benzene rings is 1. The number of ether oxygens (including phenoxy) is 1. The van der Waals surface area contributed by atoms with Gasteiger partial charge in [0.15, 0.2) is 0 Å². The van der Waals surface area contributed by atoms with E-state index in [1.54, 1.807) is 0 Å². The maximum absolute atomic E-state index is 10.9. The highest BCUT2D eigenvalue weighted by Gasteiger charge is 1.99. The van der Waals surface area contributed by atoms with Crippen molar-refractivity contribution in [3.05, 3.63) is 41.5 Å². The summed E-state index contributed by atoms with van der Waals surface area (Å²) in [5.74, 6) is -0.442. The lowest BCUT2D eigenvalue weighted by molar-refractivity contribution is -0.134. The van der Waals surface area contributed by atoms with E-state index in [1.807, 2.05) is 31.2 Å². The molecule has 3 heteroatoms. The van der Waals surface area contributed by atoms with Gasteiger partial charge in [-0.25, -0.2) is 4.79 Å². The molecule has 0 radical (unpaired) electrons. The molecule has 0 aliphatic rings. The first kappa shape index (κ1) is 10.3. The van der Waals surface area contributed by atoms with Gasteiger partial charge in [0, 0.05) is 11.8 Å². The van der Waals surface area contributed by atoms with Gasteiger partial charge in [0.2, 0.25) is 0 Å². The fraction of sp³-hybridized carbons (Fsp3) is 0.182. The second kappa shape index (κ2) is 4.46. The molecule has 0 bridgehead atoms. The van der Waals surface area contributed by atoms with E-state index in [0.29, 0.717) is 5.70 Å². The Hall–Kier alpha value is -1.77. The third-order valence-corrected chi connectivity index (χ3v) is 1.86. The molecule has 0 spiro atoms. The number of hydrogen-bond acceptors (Lipinski definition) is 3. The summed E-state index contributed by atoms with van der Waals surface area (Å²) in [6.07, 6.45) is 1.27. The molecular weight excluding hydrogens is 178 g/mol. The SMILES string of the molecule is COC(=O)/C=C(/N)c1ccc(C)cc1. The van der Waals surface area contributed by atoms with E-state index in [9.17, 15) is 4.79 Å². The fourth-order valence-corrected chi connectivity index (χ4v) is 1.02. The van der Waals surface area contributed by atoms with Gasteiger partial charge in [0.25, 0.3) is 0 Å². The van der Waals surface area contributed by atoms with Crippen molar-refractivity contribution in [2.75, 3.05) is 7.11 Å². The van der Waals surface area contributed by atoms with Crippen molar-refractivity contribution in [2.45, 2.75) is 6.92 Å². The highest BCUT2D eigenvalue weighted by molar-refractivity contribution is 5.90. The van der Waals surface area contributed by atoms with Crippen molar-refractivity contribution in [1.29, 1.82) is 0 Å². The van der Waals surface area contributed by atoms with Crippen LogP contribution in [-0.4, -0.2) is 13.1 Å². The highest BCUT2D eigenvalue weighted by Crippen LogP contribution is 2.09. The lowest BCUT2D eigenvalue weighted by atomic mass is 10.1. The van der Waals surface area contributed by atoms with Crippen LogP contribution < -0.4 is 5.73 Å². The fourth-order valence-electron chi connectivity index (χ4n) is 1.02. The van der Waals surface area contributed by atoms with Crippen LogP contribution in [0.4, 0.5) is 0 Å². The van der Waals surface area contributed by atoms with Gasteiger partial charge < -0.3 is 10.5 Å². The minimum absolute atomic E-state index is 0.414. The van der Waals surface area contributed by atoms with Crippen LogP contribution in [0.15, 0.2) is 30.3 Å². The molecule has 0 saturated carbocycles. The summed E-state index contributed by atoms with van der Waals surface area (Å²) < 4.78 is 4.47. The van der Waals surface area contributed by atoms with Crippen molar-refractivity contribution in [3.63, 3.8) is 0 Å². The molecule has 74 valence electrons. The second-order valence-electron chi connectivity index (χ2n) is 2.99. The first-order valence-corrected chi connectivity index (χ1v) is 4.25. The minimum atomic E-state index is -0.442. The molecule has 3 nitrogen and oxygen atoms in total. The molecule has 1 aromatic rings. The molecular formula is C11H13NO2. The van der Waals surface area contributed by atoms with E-state index >= 15 is 0 Å². The van der Waals surface area contributed by atoms with Crippen LogP contribution in [0.2, 0.25) is 0 Å². The van der Waals surface area contributed by atoms with Gasteiger partial charge >= 0.3 is 5.97 Å². The summed E-state index contributed by atoms with van der Waals surface area (Å²) in [4.78, 5) is 10.9. The molecule has 1 aromatic carbocycles. The van der Waals surface area contributed by atoms with Crippen molar-refractivity contribution < 1.29 is 9.53 Å². The Labute approximate surface area is 83.2 Å². The summed E-state index contributed by atoms with van der Waals surface area (Å²) in [5.41, 5.74) is 8.07. The molecule has 0 amide bonds. The van der Waals surface area contributed by atoms with Crippen LogP contribution in [0, 0.1) is 6.92 Å². The third kappa shape index (κ3) is 2.62. The van der Waals surface area contributed by atoms with Crippen molar-refractivity contribution in [3.8, 4) is 0 Å². The molecule has 0 aromatic heterocycles. The Bertz CT molecular complexity index is 352. The van der Waals surface area contributed by atoms with Gasteiger partial charge in [-0.2, -0.15) is 0 Å². The molecule has 0 unspecified atom stereocenters. The van der Waals surface area contributed by atoms with Crippen molar-refractivity contribution in [1.82, 2.24) is 0 Å². The quantitative estimate of drug-likeness (QED) is 0.569. The van der Waals surface area contributed by atoms with Crippen LogP contribution >= 0.6 is 0 Å². The van der Waals surface area contributed by atoms with Gasteiger partial charge in [-0.15, -0.1) is 0 Å². The summed E-state index contributed by atoms with van der Waals surface area (Å²) in [7, 11) is 1.32. The van der Waals surface area contributed by atoms with E-state index < -0.39 is 5.97 Å². The third-order valence-electron chi connectivity index (χ3n) is 1.86. The number of nitrogens with two attached hydrogens (primary N) is 1. The number of rotatable bonds is 2. The van der Waals surface area contributed by atoms with Gasteiger partial charge in [-0.05, 0) is 12.5 Å². The molecule has 0 aliphatic carbocycles. The predicted octanol–water partition coefficient (Wildman–Crippen LogP) is 1.47. The number of aryl methyl sites for hydroxylation is 1. The number of esters is 1. The normalized spacial score (nSPS) is 11.1. The predicted molar refractivity (Wildman–Crippen MR) is 55.4 cm³/mol. The van der Waals surface area contributed by atoms with Gasteiger partial charge in [-0.1, -0.05) is 29.8 Å². The molecule has 0 aliphatic heterocycles. The maximum Gasteiger partial charge on any atom is 0.332 e. The first-order chi connectivity index (χ1) is 6.63. The average molecular weight is 191 g/mol. The van der Waals surface area contributed by atoms with Crippen molar-refractivity contribution in [2.24, 2.45) is 5.73 Å². The Balaban J connectivity index is 2.89. The lowest BCUT2D eigenvalue weighted by Crippen LogP contribution is -2.02. The molecule has 0 fully saturated rings. The van der Waals surface area contributed by atoms with Crippen LogP contribution in [0.5, 0.6) is 0 Å². The van der Waals surface area contributed by atoms with Gasteiger partial charge in [0.1, 0.15) is 0 Å². The van der Waals surface area contributed by atoms with Crippen LogP contribution in [0.25, 0.3) is 5.70 Å². The van der Waals surface area contributed by atoms with E-state index in [1.165, 1.54) is 13.2 Å². The van der Waals surface area contributed by atoms with E-state index in [2.05, 4.69) is 4.74 Å². The standard InChI is InChI=1S/C11H13NO2/c1-8-3-5-9(6-4-8)10(12)7-11(13)14-2/h3-7H,12H2,1-2H3/b10-7+. The Kier molecular flexibility index (Phi) is 3.29. The Morgan fingerprint density at radius 2 is 1.93 bits per heavy atom. The number of carbonyl (C=O) groups excluding carboxylic acids is 1. The molecule has 1 rings (SSSR count). The Morgan fingerprint density at radius 3 is 2.43 bits per heavy atom. The minimum Gasteiger partial charge on any atom is -0.466 e. The van der Waals surface area contributed by atoms with E-state index in [0.717, 1.165) is 11.1 Å². The molecule has 0 saturated heterocycles. The molecule has 14 heavy (non-hydrogen) atoms. The largest absolute Gasteiger partial charge is 0.466 e. The summed E-state index contributed by atoms with van der Waals surface area (Å²) in [6, 6.07) is 7.61. The zero-order valence-electron chi connectivity index (χ0n) is 8.28. The van der Waals surface area contributed by atoms with Crippen molar-refractivity contribution >= 4 is 11.7 Å². The van der Waals surface area contributed by atoms with Crippen LogP contribution in [0.3, 0.4) is 0 Å². The summed E-state index contributed by atoms with van der Waals surface area (Å²) >= 11 is 0. The monoisotopic (exact) mass is 191 g/mol. The smallest absolute Gasteiger partial charge is 0.332 e. The maximum atomic E-state index is 10.9. The molecule has 2 N–H and O–H groups in total. The lowest BCUT2D eigenvalue weighted by Gasteiger charge is -2.01. The summed E-state index contributed by atoms with van der Waals surface area (Å²) in [6.45, 7) is 1.99. The highest BCUT2D eigenvalue weighted by atomic mass is 16.5. The molecule has 0 atom stereocenters. The zero-order chi connectivity index (χ0) is 10.6. The second-order valence-corrected chi connectivity index (χ2v) is 2.99. The van der Waals surface area contributed by atoms with Crippen LogP contribution in [-0.2, 0) is 9.53 Å². The van der Waals surface area contributed by atoms with E-state index in [4.69, 9.17) is 5.73 Å². The first-order valence-electron chi connectivity index (χ1n) is 4.25. The van der Waals surface area contributed by atoms with E-state index in [-0.39, 0.29) is 0 Å². The van der Waals surface area contributed by atoms with Gasteiger partial charge in [-0.3, -0.25) is 0 Å². The number of hydrogen-bond donors (Lipinski definition) is 1. The average Bonchev–Trinajstić information content (AvgIpc) is 2.18. The topological polar surface area (TPSA) is 52.3 Å². The number of carbonyl (C=O) groups is 1. The summed E-state index contributed by atoms with van der Waals surface area (Å²) in [5, 5.41) is 0. The number of methoxy groups -OCH3 is 1. The van der Waals surface area contributed by atoms with Gasteiger partial charge in [0.05, 0.1) is 7.11 Å². The Morgan fingerprint density at radius 1 is 1.36 bits per heavy atom. The molecule has 0 heterocycles. The zero-order valence-corrected chi connectivity index (χ0v) is 8.28.